The third-order valence-corrected chi connectivity index (χ3v) is 3.64. The van der Waals surface area contributed by atoms with Crippen molar-refractivity contribution in [3.05, 3.63) is 42.7 Å². The zero-order valence-corrected chi connectivity index (χ0v) is 11.1. The van der Waals surface area contributed by atoms with Crippen LogP contribution < -0.4 is 5.32 Å². The molecule has 2 aromatic rings. The average molecular weight is 261 g/mol. The van der Waals surface area contributed by atoms with E-state index < -0.39 is 0 Å². The average Bonchev–Trinajstić information content (AvgIpc) is 2.76. The Balaban J connectivity index is 1.95. The van der Waals surface area contributed by atoms with Crippen molar-refractivity contribution in [1.29, 1.82) is 0 Å². The zero-order chi connectivity index (χ0) is 13.0. The van der Waals surface area contributed by atoms with Crippen molar-refractivity contribution >= 4 is 23.4 Å². The van der Waals surface area contributed by atoms with Crippen LogP contribution in [-0.4, -0.2) is 20.7 Å². The van der Waals surface area contributed by atoms with Crippen molar-refractivity contribution in [2.24, 2.45) is 7.05 Å². The molecular formula is C13H15N3OS. The van der Waals surface area contributed by atoms with E-state index in [4.69, 9.17) is 0 Å². The highest BCUT2D eigenvalue weighted by atomic mass is 32.2. The molecule has 0 radical (unpaired) electrons. The van der Waals surface area contributed by atoms with Gasteiger partial charge in [-0.15, -0.1) is 0 Å². The molecule has 18 heavy (non-hydrogen) atoms. The summed E-state index contributed by atoms with van der Waals surface area (Å²) in [6, 6.07) is 9.45. The Hall–Kier alpha value is -1.75. The lowest BCUT2D eigenvalue weighted by atomic mass is 10.3. The van der Waals surface area contributed by atoms with Gasteiger partial charge >= 0.3 is 0 Å². The molecule has 1 atom stereocenters. The number of aryl methyl sites for hydroxylation is 1. The molecule has 1 aromatic heterocycles. The van der Waals surface area contributed by atoms with E-state index in [1.54, 1.807) is 6.20 Å². The second-order valence-electron chi connectivity index (χ2n) is 3.94. The number of nitrogens with zero attached hydrogens (tertiary/aromatic N) is 2. The molecule has 4 nitrogen and oxygen atoms in total. The molecule has 1 aromatic carbocycles. The van der Waals surface area contributed by atoms with E-state index in [0.717, 1.165) is 10.8 Å². The third-order valence-electron chi connectivity index (χ3n) is 2.47. The van der Waals surface area contributed by atoms with Crippen LogP contribution in [0.15, 0.2) is 47.9 Å². The first-order valence-electron chi connectivity index (χ1n) is 5.66. The number of hydrogen-bond acceptors (Lipinski definition) is 3. The van der Waals surface area contributed by atoms with Gasteiger partial charge in [-0.3, -0.25) is 4.79 Å². The maximum atomic E-state index is 12.0. The SMILES string of the molecule is C[C@@H](Sc1nccn1C)C(=O)Nc1ccccc1. The van der Waals surface area contributed by atoms with Gasteiger partial charge in [0.25, 0.3) is 0 Å². The van der Waals surface area contributed by atoms with Crippen molar-refractivity contribution in [3.63, 3.8) is 0 Å². The zero-order valence-electron chi connectivity index (χ0n) is 10.3. The monoisotopic (exact) mass is 261 g/mol. The van der Waals surface area contributed by atoms with Crippen LogP contribution in [0.25, 0.3) is 0 Å². The number of anilines is 1. The first-order valence-corrected chi connectivity index (χ1v) is 6.54. The lowest BCUT2D eigenvalue weighted by Gasteiger charge is -2.11. The van der Waals surface area contributed by atoms with Gasteiger partial charge in [0.1, 0.15) is 0 Å². The fourth-order valence-corrected chi connectivity index (χ4v) is 2.27. The number of hydrogen-bond donors (Lipinski definition) is 1. The Labute approximate surface area is 110 Å². The Kier molecular flexibility index (Phi) is 4.04. The van der Waals surface area contributed by atoms with Crippen molar-refractivity contribution in [2.45, 2.75) is 17.3 Å². The molecule has 0 bridgehead atoms. The minimum Gasteiger partial charge on any atom is -0.329 e. The van der Waals surface area contributed by atoms with Crippen LogP contribution in [0.2, 0.25) is 0 Å². The molecule has 2 rings (SSSR count). The number of carbonyl (C=O) groups excluding carboxylic acids is 1. The van der Waals surface area contributed by atoms with Gasteiger partial charge in [0, 0.05) is 25.1 Å². The van der Waals surface area contributed by atoms with E-state index in [9.17, 15) is 4.79 Å². The van der Waals surface area contributed by atoms with Crippen LogP contribution in [-0.2, 0) is 11.8 Å². The summed E-state index contributed by atoms with van der Waals surface area (Å²) in [5.74, 6) is -0.0193. The highest BCUT2D eigenvalue weighted by Gasteiger charge is 2.16. The van der Waals surface area contributed by atoms with Gasteiger partial charge < -0.3 is 9.88 Å². The van der Waals surface area contributed by atoms with Crippen LogP contribution in [0, 0.1) is 0 Å². The lowest BCUT2D eigenvalue weighted by molar-refractivity contribution is -0.115. The summed E-state index contributed by atoms with van der Waals surface area (Å²) in [5, 5.41) is 3.53. The van der Waals surface area contributed by atoms with Gasteiger partial charge in [-0.05, 0) is 19.1 Å². The molecule has 0 aliphatic carbocycles. The first kappa shape index (κ1) is 12.7. The number of nitrogens with one attached hydrogen (secondary N) is 1. The van der Waals surface area contributed by atoms with Crippen LogP contribution in [0.4, 0.5) is 5.69 Å². The molecule has 0 saturated carbocycles. The Bertz CT molecular complexity index is 524. The van der Waals surface area contributed by atoms with E-state index >= 15 is 0 Å². The molecule has 0 spiro atoms. The number of benzene rings is 1. The first-order chi connectivity index (χ1) is 8.66. The normalized spacial score (nSPS) is 12.1. The second-order valence-corrected chi connectivity index (χ2v) is 5.24. The van der Waals surface area contributed by atoms with Crippen LogP contribution in [0.5, 0.6) is 0 Å². The van der Waals surface area contributed by atoms with Crippen molar-refractivity contribution < 1.29 is 4.79 Å². The van der Waals surface area contributed by atoms with Crippen LogP contribution >= 0.6 is 11.8 Å². The number of amides is 1. The molecule has 0 aliphatic heterocycles. The van der Waals surface area contributed by atoms with Gasteiger partial charge in [-0.25, -0.2) is 4.98 Å². The number of aromatic nitrogens is 2. The third kappa shape index (κ3) is 3.13. The molecule has 5 heteroatoms. The topological polar surface area (TPSA) is 46.9 Å². The summed E-state index contributed by atoms with van der Waals surface area (Å²) in [5.41, 5.74) is 0.815. The minimum absolute atomic E-state index is 0.0193. The summed E-state index contributed by atoms with van der Waals surface area (Å²) in [6.07, 6.45) is 3.59. The molecule has 0 aliphatic rings. The summed E-state index contributed by atoms with van der Waals surface area (Å²) in [4.78, 5) is 16.2. The van der Waals surface area contributed by atoms with E-state index in [1.807, 2.05) is 55.1 Å². The maximum absolute atomic E-state index is 12.0. The summed E-state index contributed by atoms with van der Waals surface area (Å²) in [7, 11) is 1.91. The predicted octanol–water partition coefficient (Wildman–Crippen LogP) is 2.54. The highest BCUT2D eigenvalue weighted by molar-refractivity contribution is 8.00. The fourth-order valence-electron chi connectivity index (χ4n) is 1.44. The second kappa shape index (κ2) is 5.73. The Morgan fingerprint density at radius 2 is 2.11 bits per heavy atom. The maximum Gasteiger partial charge on any atom is 0.237 e. The van der Waals surface area contributed by atoms with E-state index in [2.05, 4.69) is 10.3 Å². The molecule has 94 valence electrons. The van der Waals surface area contributed by atoms with Gasteiger partial charge in [0.05, 0.1) is 5.25 Å². The quantitative estimate of drug-likeness (QED) is 0.860. The van der Waals surface area contributed by atoms with Gasteiger partial charge in [0.15, 0.2) is 5.16 Å². The Morgan fingerprint density at radius 3 is 2.72 bits per heavy atom. The number of thioether (sulfide) groups is 1. The number of para-hydroxylation sites is 1. The molecule has 0 unspecified atom stereocenters. The lowest BCUT2D eigenvalue weighted by Crippen LogP contribution is -2.22. The molecular weight excluding hydrogens is 246 g/mol. The number of carbonyl (C=O) groups is 1. The van der Waals surface area contributed by atoms with Crippen molar-refractivity contribution in [1.82, 2.24) is 9.55 Å². The van der Waals surface area contributed by atoms with E-state index in [-0.39, 0.29) is 11.2 Å². The molecule has 0 fully saturated rings. The molecule has 0 saturated heterocycles. The number of rotatable bonds is 4. The van der Waals surface area contributed by atoms with Crippen LogP contribution in [0.3, 0.4) is 0 Å². The highest BCUT2D eigenvalue weighted by Crippen LogP contribution is 2.21. The van der Waals surface area contributed by atoms with Gasteiger partial charge in [0.2, 0.25) is 5.91 Å². The predicted molar refractivity (Wildman–Crippen MR) is 73.6 cm³/mol. The largest absolute Gasteiger partial charge is 0.329 e. The minimum atomic E-state index is -0.189. The molecule has 1 amide bonds. The standard InChI is InChI=1S/C13H15N3OS/c1-10(18-13-14-8-9-16(13)2)12(17)15-11-6-4-3-5-7-11/h3-10H,1-2H3,(H,15,17)/t10-/m1/s1. The molecule has 1 heterocycles. The fraction of sp³-hybridized carbons (Fsp3) is 0.231. The van der Waals surface area contributed by atoms with Crippen LogP contribution in [0.1, 0.15) is 6.92 Å². The van der Waals surface area contributed by atoms with Gasteiger partial charge in [-0.2, -0.15) is 0 Å². The molecule has 1 N–H and O–H groups in total. The van der Waals surface area contributed by atoms with E-state index in [0.29, 0.717) is 0 Å². The van der Waals surface area contributed by atoms with Crippen molar-refractivity contribution in [3.8, 4) is 0 Å². The van der Waals surface area contributed by atoms with E-state index in [1.165, 1.54) is 11.8 Å². The summed E-state index contributed by atoms with van der Waals surface area (Å²) >= 11 is 1.44. The summed E-state index contributed by atoms with van der Waals surface area (Å²) < 4.78 is 1.90. The van der Waals surface area contributed by atoms with Crippen molar-refractivity contribution in [2.75, 3.05) is 5.32 Å². The summed E-state index contributed by atoms with van der Waals surface area (Å²) in [6.45, 7) is 1.87. The smallest absolute Gasteiger partial charge is 0.237 e. The van der Waals surface area contributed by atoms with Gasteiger partial charge in [-0.1, -0.05) is 30.0 Å². The number of imidazole rings is 1. The Morgan fingerprint density at radius 1 is 1.39 bits per heavy atom.